The van der Waals surface area contributed by atoms with Crippen LogP contribution in [0, 0.1) is 5.41 Å². The van der Waals surface area contributed by atoms with Crippen molar-refractivity contribution < 1.29 is 9.53 Å². The number of likely N-dealkylation sites (tertiary alicyclic amines) is 1. The van der Waals surface area contributed by atoms with E-state index in [0.717, 1.165) is 53.6 Å². The third-order valence-electron chi connectivity index (χ3n) is 8.12. The summed E-state index contributed by atoms with van der Waals surface area (Å²) in [6.07, 6.45) is 11.6. The summed E-state index contributed by atoms with van der Waals surface area (Å²) < 4.78 is 7.23. The fourth-order valence-corrected chi connectivity index (χ4v) is 7.25. The van der Waals surface area contributed by atoms with E-state index in [1.165, 1.54) is 16.9 Å². The lowest BCUT2D eigenvalue weighted by Crippen LogP contribution is -2.41. The van der Waals surface area contributed by atoms with E-state index in [2.05, 4.69) is 54.7 Å². The number of rotatable bonds is 11. The number of aryl methyl sites for hydroxylation is 1. The van der Waals surface area contributed by atoms with Crippen molar-refractivity contribution >= 4 is 52.3 Å². The number of carbonyl (C=O) groups is 1. The van der Waals surface area contributed by atoms with Crippen molar-refractivity contribution in [2.24, 2.45) is 12.0 Å². The van der Waals surface area contributed by atoms with E-state index in [9.17, 15) is 4.79 Å². The number of hydrogen-bond donors (Lipinski definition) is 2. The van der Waals surface area contributed by atoms with E-state index in [4.69, 9.17) is 10.1 Å². The molecule has 1 amide bonds. The topological polar surface area (TPSA) is 125 Å². The molecule has 4 aromatic rings. The fourth-order valence-electron chi connectivity index (χ4n) is 5.54. The summed E-state index contributed by atoms with van der Waals surface area (Å²) in [4.78, 5) is 31.7. The monoisotopic (exact) mass is 699 g/mol. The number of carbonyl (C=O) groups excluding carboxylic acids is 1. The number of pyridine rings is 1. The van der Waals surface area contributed by atoms with Crippen LogP contribution in [0.2, 0.25) is 0 Å². The zero-order chi connectivity index (χ0) is 34.8. The number of anilines is 1. The molecule has 13 heteroatoms. The Bertz CT molecular complexity index is 1760. The molecule has 0 unspecified atom stereocenters. The number of ether oxygens (including phenoxy) is 1. The minimum Gasteiger partial charge on any atom is -0.475 e. The average Bonchev–Trinajstić information content (AvgIpc) is 3.89. The van der Waals surface area contributed by atoms with Crippen molar-refractivity contribution in [1.82, 2.24) is 29.5 Å². The molecule has 0 spiro atoms. The molecule has 1 aromatic carbocycles. The van der Waals surface area contributed by atoms with E-state index < -0.39 is 0 Å². The van der Waals surface area contributed by atoms with Gasteiger partial charge in [-0.1, -0.05) is 18.2 Å². The highest BCUT2D eigenvalue weighted by Gasteiger charge is 2.26. The molecule has 0 saturated carbocycles. The molecular weight excluding hydrogens is 655 g/mol. The van der Waals surface area contributed by atoms with Gasteiger partial charge in [0.05, 0.1) is 29.6 Å². The van der Waals surface area contributed by atoms with Gasteiger partial charge < -0.3 is 15.0 Å². The molecule has 1 atom stereocenters. The first-order valence-electron chi connectivity index (χ1n) is 16.4. The standard InChI is InChI=1S/C19H25N5OS2.C17H20N4O/c1-22-13-20-19(21-22)17-4-3-16(27-17)14-5-9-24(10-6-14)18(25)12-23-8-7-15(11-23)26-2;1-12(2)22-16-8-7-14(10-20-16)17(18)13-5-4-6-15(9-13)21-11-19-3/h3-5,13,15H,6-12H2,1-2H3;4-12,18H,1-3H3,(H,19,21)/t15-;/m0./s1. The lowest BCUT2D eigenvalue weighted by molar-refractivity contribution is -0.131. The van der Waals surface area contributed by atoms with Gasteiger partial charge in [-0.15, -0.1) is 11.3 Å². The van der Waals surface area contributed by atoms with E-state index >= 15 is 0 Å². The number of nitrogens with zero attached hydrogens (tertiary/aromatic N) is 7. The number of hydrogen-bond acceptors (Lipinski definition) is 10. The summed E-state index contributed by atoms with van der Waals surface area (Å²) >= 11 is 3.64. The van der Waals surface area contributed by atoms with Crippen LogP contribution in [-0.2, 0) is 11.8 Å². The Morgan fingerprint density at radius 3 is 2.65 bits per heavy atom. The Morgan fingerprint density at radius 2 is 2.00 bits per heavy atom. The Morgan fingerprint density at radius 1 is 1.16 bits per heavy atom. The molecule has 0 aliphatic carbocycles. The quantitative estimate of drug-likeness (QED) is 0.145. The molecule has 1 saturated heterocycles. The van der Waals surface area contributed by atoms with Gasteiger partial charge in [0.25, 0.3) is 0 Å². The molecule has 2 N–H and O–H groups in total. The molecule has 49 heavy (non-hydrogen) atoms. The van der Waals surface area contributed by atoms with Crippen molar-refractivity contribution in [3.8, 4) is 16.6 Å². The smallest absolute Gasteiger partial charge is 0.237 e. The number of benzene rings is 1. The van der Waals surface area contributed by atoms with Crippen LogP contribution in [-0.4, -0.2) is 105 Å². The van der Waals surface area contributed by atoms with Gasteiger partial charge in [-0.25, -0.2) is 9.97 Å². The minimum atomic E-state index is 0.0841. The molecule has 6 rings (SSSR count). The molecule has 0 radical (unpaired) electrons. The van der Waals surface area contributed by atoms with Crippen molar-refractivity contribution in [1.29, 1.82) is 5.41 Å². The highest BCUT2D eigenvalue weighted by molar-refractivity contribution is 7.99. The summed E-state index contributed by atoms with van der Waals surface area (Å²) in [5.41, 5.74) is 4.20. The molecule has 2 aliphatic heterocycles. The largest absolute Gasteiger partial charge is 0.475 e. The average molecular weight is 700 g/mol. The van der Waals surface area contributed by atoms with Gasteiger partial charge in [-0.05, 0) is 75.4 Å². The maximum Gasteiger partial charge on any atom is 0.237 e. The number of thioether (sulfide) groups is 1. The Labute approximate surface area is 297 Å². The van der Waals surface area contributed by atoms with E-state index in [1.807, 2.05) is 67.9 Å². The van der Waals surface area contributed by atoms with Gasteiger partial charge in [0.1, 0.15) is 6.33 Å². The molecule has 5 heterocycles. The molecule has 0 bridgehead atoms. The predicted molar refractivity (Wildman–Crippen MR) is 202 cm³/mol. The molecule has 2 aliphatic rings. The second-order valence-electron chi connectivity index (χ2n) is 12.1. The lowest BCUT2D eigenvalue weighted by atomic mass is 10.0. The zero-order valence-corrected chi connectivity index (χ0v) is 30.4. The van der Waals surface area contributed by atoms with Crippen molar-refractivity contribution in [2.75, 3.05) is 51.3 Å². The second-order valence-corrected chi connectivity index (χ2v) is 14.4. The van der Waals surface area contributed by atoms with Crippen molar-refractivity contribution in [3.63, 3.8) is 0 Å². The number of amides is 1. The minimum absolute atomic E-state index is 0.0841. The third-order valence-corrected chi connectivity index (χ3v) is 10.3. The molecule has 1 fully saturated rings. The first-order valence-corrected chi connectivity index (χ1v) is 18.5. The lowest BCUT2D eigenvalue weighted by Gasteiger charge is -2.28. The number of aliphatic imine (C=N–C) groups is 1. The van der Waals surface area contributed by atoms with Gasteiger partial charge in [-0.2, -0.15) is 16.9 Å². The molecule has 11 nitrogen and oxygen atoms in total. The Kier molecular flexibility index (Phi) is 12.7. The fraction of sp³-hybridized carbons (Fsp3) is 0.389. The molecular formula is C36H45N9O2S2. The van der Waals surface area contributed by atoms with Gasteiger partial charge in [0, 0.05) is 72.9 Å². The van der Waals surface area contributed by atoms with E-state index in [1.54, 1.807) is 48.0 Å². The van der Waals surface area contributed by atoms with Crippen LogP contribution in [0.15, 0.2) is 72.1 Å². The number of nitrogens with one attached hydrogen (secondary N) is 2. The number of aromatic nitrogens is 4. The van der Waals surface area contributed by atoms with Gasteiger partial charge in [0.2, 0.25) is 11.8 Å². The number of thiophene rings is 1. The van der Waals surface area contributed by atoms with Gasteiger partial charge in [-0.3, -0.25) is 24.8 Å². The van der Waals surface area contributed by atoms with Crippen LogP contribution in [0.1, 0.15) is 42.7 Å². The maximum absolute atomic E-state index is 12.6. The highest BCUT2D eigenvalue weighted by Crippen LogP contribution is 2.33. The van der Waals surface area contributed by atoms with Crippen LogP contribution in [0.3, 0.4) is 0 Å². The summed E-state index contributed by atoms with van der Waals surface area (Å²) in [6, 6.07) is 15.5. The first-order chi connectivity index (χ1) is 23.7. The normalized spacial score (nSPS) is 16.4. The van der Waals surface area contributed by atoms with Gasteiger partial charge in [0.15, 0.2) is 5.82 Å². The highest BCUT2D eigenvalue weighted by atomic mass is 32.2. The van der Waals surface area contributed by atoms with Crippen LogP contribution < -0.4 is 10.1 Å². The van der Waals surface area contributed by atoms with Gasteiger partial charge >= 0.3 is 0 Å². The summed E-state index contributed by atoms with van der Waals surface area (Å²) in [7, 11) is 3.58. The maximum atomic E-state index is 12.6. The van der Waals surface area contributed by atoms with Crippen LogP contribution in [0.4, 0.5) is 5.69 Å². The predicted octanol–water partition coefficient (Wildman–Crippen LogP) is 5.95. The zero-order valence-electron chi connectivity index (χ0n) is 28.8. The summed E-state index contributed by atoms with van der Waals surface area (Å²) in [6.45, 7) is 8.08. The van der Waals surface area contributed by atoms with Crippen LogP contribution in [0.25, 0.3) is 16.3 Å². The first kappa shape index (κ1) is 36.0. The van der Waals surface area contributed by atoms with Crippen LogP contribution in [0.5, 0.6) is 5.88 Å². The summed E-state index contributed by atoms with van der Waals surface area (Å²) in [5.74, 6) is 1.61. The second kappa shape index (κ2) is 17.4. The SMILES string of the molecule is CN=CNc1cccc(C(=N)c2ccc(OC(C)C)nc2)c1.CS[C@H]1CCN(CC(=O)N2CC=C(c3ccc(-c4ncn(C)n4)s3)CC2)C1. The summed E-state index contributed by atoms with van der Waals surface area (Å²) in [5, 5.41) is 16.4. The van der Waals surface area contributed by atoms with Crippen molar-refractivity contribution in [2.45, 2.75) is 38.0 Å². The van der Waals surface area contributed by atoms with E-state index in [0.29, 0.717) is 29.9 Å². The molecule has 3 aromatic heterocycles. The third kappa shape index (κ3) is 10.1. The van der Waals surface area contributed by atoms with Crippen LogP contribution >= 0.6 is 23.1 Å². The Hall–Kier alpha value is -4.33. The Balaban J connectivity index is 0.000000196. The molecule has 258 valence electrons. The van der Waals surface area contributed by atoms with Crippen molar-refractivity contribution in [3.05, 3.63) is 83.1 Å². The van der Waals surface area contributed by atoms with E-state index in [-0.39, 0.29) is 12.0 Å².